The summed E-state index contributed by atoms with van der Waals surface area (Å²) in [5.41, 5.74) is 0. The van der Waals surface area contributed by atoms with E-state index in [1.165, 1.54) is 12.8 Å². The number of nitrogens with zero attached hydrogens (tertiary/aromatic N) is 3. The van der Waals surface area contributed by atoms with Gasteiger partial charge in [0.15, 0.2) is 0 Å². The fourth-order valence-electron chi connectivity index (χ4n) is 2.27. The predicted octanol–water partition coefficient (Wildman–Crippen LogP) is 3.10. The monoisotopic (exact) mass is 262 g/mol. The molecule has 106 valence electrons. The Morgan fingerprint density at radius 1 is 1.37 bits per heavy atom. The first-order chi connectivity index (χ1) is 9.15. The molecule has 2 rings (SSSR count). The molecule has 0 bridgehead atoms. The molecule has 4 heteroatoms. The second-order valence-corrected chi connectivity index (χ2v) is 5.50. The van der Waals surface area contributed by atoms with Gasteiger partial charge in [0.1, 0.15) is 17.5 Å². The lowest BCUT2D eigenvalue weighted by atomic mass is 10.2. The van der Waals surface area contributed by atoms with Crippen LogP contribution in [0.25, 0.3) is 0 Å². The van der Waals surface area contributed by atoms with E-state index in [4.69, 9.17) is 0 Å². The molecular weight excluding hydrogens is 236 g/mol. The number of anilines is 2. The molecule has 19 heavy (non-hydrogen) atoms. The lowest BCUT2D eigenvalue weighted by Gasteiger charge is -2.26. The molecular formula is C15H26N4. The van der Waals surface area contributed by atoms with Crippen LogP contribution >= 0.6 is 0 Å². The van der Waals surface area contributed by atoms with E-state index in [0.29, 0.717) is 6.04 Å². The first-order valence-corrected chi connectivity index (χ1v) is 7.50. The van der Waals surface area contributed by atoms with E-state index in [0.717, 1.165) is 42.8 Å². The number of rotatable bonds is 7. The maximum atomic E-state index is 4.67. The number of hydrogen-bond acceptors (Lipinski definition) is 4. The molecule has 1 aliphatic carbocycles. The van der Waals surface area contributed by atoms with Crippen molar-refractivity contribution in [2.45, 2.75) is 52.5 Å². The molecule has 1 heterocycles. The maximum Gasteiger partial charge on any atom is 0.134 e. The second kappa shape index (κ2) is 6.22. The van der Waals surface area contributed by atoms with Gasteiger partial charge < -0.3 is 10.2 Å². The summed E-state index contributed by atoms with van der Waals surface area (Å²) in [6, 6.07) is 2.65. The Morgan fingerprint density at radius 2 is 2.11 bits per heavy atom. The van der Waals surface area contributed by atoms with Crippen LogP contribution in [0.4, 0.5) is 11.6 Å². The standard InChI is InChI=1S/C15H26N4/c1-5-9-16-14-10-15(18-13(6-2)17-14)19(4)11(3)12-7-8-12/h10-12H,5-9H2,1-4H3,(H,16,17,18). The molecule has 0 radical (unpaired) electrons. The van der Waals surface area contributed by atoms with Crippen LogP contribution in [0.2, 0.25) is 0 Å². The molecule has 0 aliphatic heterocycles. The lowest BCUT2D eigenvalue weighted by Crippen LogP contribution is -2.31. The van der Waals surface area contributed by atoms with Crippen LogP contribution in [-0.4, -0.2) is 29.6 Å². The summed E-state index contributed by atoms with van der Waals surface area (Å²) in [5.74, 6) is 3.77. The van der Waals surface area contributed by atoms with E-state index in [-0.39, 0.29) is 0 Å². The Morgan fingerprint density at radius 3 is 2.68 bits per heavy atom. The minimum absolute atomic E-state index is 0.568. The SMILES string of the molecule is CCCNc1cc(N(C)C(C)C2CC2)nc(CC)n1. The van der Waals surface area contributed by atoms with Crippen molar-refractivity contribution in [2.75, 3.05) is 23.8 Å². The molecule has 1 unspecified atom stereocenters. The summed E-state index contributed by atoms with van der Waals surface area (Å²) in [4.78, 5) is 11.5. The Kier molecular flexibility index (Phi) is 4.61. The summed E-state index contributed by atoms with van der Waals surface area (Å²) in [6.07, 6.45) is 4.70. The fourth-order valence-corrected chi connectivity index (χ4v) is 2.27. The van der Waals surface area contributed by atoms with Gasteiger partial charge in [-0.3, -0.25) is 0 Å². The van der Waals surface area contributed by atoms with E-state index < -0.39 is 0 Å². The third-order valence-electron chi connectivity index (χ3n) is 3.91. The molecule has 0 spiro atoms. The highest BCUT2D eigenvalue weighted by Gasteiger charge is 2.31. The van der Waals surface area contributed by atoms with Gasteiger partial charge in [-0.15, -0.1) is 0 Å². The average Bonchev–Trinajstić information content (AvgIpc) is 3.27. The Labute approximate surface area is 116 Å². The van der Waals surface area contributed by atoms with Gasteiger partial charge in [0, 0.05) is 32.1 Å². The Bertz CT molecular complexity index is 415. The van der Waals surface area contributed by atoms with Crippen molar-refractivity contribution >= 4 is 11.6 Å². The van der Waals surface area contributed by atoms with Crippen LogP contribution in [0, 0.1) is 5.92 Å². The minimum atomic E-state index is 0.568. The molecule has 0 saturated heterocycles. The normalized spacial score (nSPS) is 16.2. The lowest BCUT2D eigenvalue weighted by molar-refractivity contribution is 0.602. The van der Waals surface area contributed by atoms with Crippen molar-refractivity contribution in [3.63, 3.8) is 0 Å². The number of aromatic nitrogens is 2. The highest BCUT2D eigenvalue weighted by Crippen LogP contribution is 2.36. The fraction of sp³-hybridized carbons (Fsp3) is 0.733. The molecule has 1 N–H and O–H groups in total. The van der Waals surface area contributed by atoms with Gasteiger partial charge >= 0.3 is 0 Å². The highest BCUT2D eigenvalue weighted by atomic mass is 15.2. The number of nitrogens with one attached hydrogen (secondary N) is 1. The van der Waals surface area contributed by atoms with Crippen LogP contribution in [0.3, 0.4) is 0 Å². The van der Waals surface area contributed by atoms with Gasteiger partial charge in [0.05, 0.1) is 0 Å². The van der Waals surface area contributed by atoms with E-state index in [1.807, 2.05) is 0 Å². The van der Waals surface area contributed by atoms with Crippen molar-refractivity contribution in [3.05, 3.63) is 11.9 Å². The zero-order chi connectivity index (χ0) is 13.8. The molecule has 0 aromatic carbocycles. The van der Waals surface area contributed by atoms with Gasteiger partial charge in [0.2, 0.25) is 0 Å². The molecule has 1 aromatic rings. The Hall–Kier alpha value is -1.32. The van der Waals surface area contributed by atoms with Crippen molar-refractivity contribution in [1.29, 1.82) is 0 Å². The molecule has 1 aromatic heterocycles. The maximum absolute atomic E-state index is 4.67. The van der Waals surface area contributed by atoms with Gasteiger partial charge in [0.25, 0.3) is 0 Å². The summed E-state index contributed by atoms with van der Waals surface area (Å²) >= 11 is 0. The highest BCUT2D eigenvalue weighted by molar-refractivity contribution is 5.49. The van der Waals surface area contributed by atoms with Crippen LogP contribution in [0.5, 0.6) is 0 Å². The van der Waals surface area contributed by atoms with Crippen LogP contribution in [-0.2, 0) is 6.42 Å². The Balaban J connectivity index is 2.17. The summed E-state index contributed by atoms with van der Waals surface area (Å²) < 4.78 is 0. The van der Waals surface area contributed by atoms with Crippen LogP contribution < -0.4 is 10.2 Å². The zero-order valence-electron chi connectivity index (χ0n) is 12.6. The molecule has 1 saturated carbocycles. The van der Waals surface area contributed by atoms with E-state index in [9.17, 15) is 0 Å². The second-order valence-electron chi connectivity index (χ2n) is 5.50. The van der Waals surface area contributed by atoms with Gasteiger partial charge in [-0.2, -0.15) is 0 Å². The van der Waals surface area contributed by atoms with E-state index in [1.54, 1.807) is 0 Å². The summed E-state index contributed by atoms with van der Waals surface area (Å²) in [7, 11) is 2.15. The van der Waals surface area contributed by atoms with Crippen molar-refractivity contribution < 1.29 is 0 Å². The van der Waals surface area contributed by atoms with E-state index >= 15 is 0 Å². The number of aryl methyl sites for hydroxylation is 1. The smallest absolute Gasteiger partial charge is 0.134 e. The van der Waals surface area contributed by atoms with Crippen molar-refractivity contribution in [1.82, 2.24) is 9.97 Å². The third kappa shape index (κ3) is 3.58. The first-order valence-electron chi connectivity index (χ1n) is 7.50. The minimum Gasteiger partial charge on any atom is -0.370 e. The molecule has 0 amide bonds. The van der Waals surface area contributed by atoms with Crippen molar-refractivity contribution in [3.8, 4) is 0 Å². The predicted molar refractivity (Wildman–Crippen MR) is 80.8 cm³/mol. The topological polar surface area (TPSA) is 41.0 Å². The average molecular weight is 262 g/mol. The van der Waals surface area contributed by atoms with E-state index in [2.05, 4.69) is 54.1 Å². The zero-order valence-corrected chi connectivity index (χ0v) is 12.6. The molecule has 1 fully saturated rings. The molecule has 1 aliphatic rings. The first kappa shape index (κ1) is 14.1. The van der Waals surface area contributed by atoms with Crippen LogP contribution in [0.1, 0.15) is 45.9 Å². The summed E-state index contributed by atoms with van der Waals surface area (Å²) in [5, 5.41) is 3.37. The number of hydrogen-bond donors (Lipinski definition) is 1. The largest absolute Gasteiger partial charge is 0.370 e. The molecule has 4 nitrogen and oxygen atoms in total. The van der Waals surface area contributed by atoms with Crippen LogP contribution in [0.15, 0.2) is 6.07 Å². The third-order valence-corrected chi connectivity index (χ3v) is 3.91. The van der Waals surface area contributed by atoms with Gasteiger partial charge in [-0.1, -0.05) is 13.8 Å². The van der Waals surface area contributed by atoms with Gasteiger partial charge in [-0.25, -0.2) is 9.97 Å². The summed E-state index contributed by atoms with van der Waals surface area (Å²) in [6.45, 7) is 7.52. The molecule has 1 atom stereocenters. The van der Waals surface area contributed by atoms with Gasteiger partial charge in [-0.05, 0) is 32.1 Å². The quantitative estimate of drug-likeness (QED) is 0.820. The van der Waals surface area contributed by atoms with Crippen molar-refractivity contribution in [2.24, 2.45) is 5.92 Å².